The van der Waals surface area contributed by atoms with Gasteiger partial charge < -0.3 is 15.0 Å². The molecule has 0 spiro atoms. The third kappa shape index (κ3) is 3.47. The van der Waals surface area contributed by atoms with E-state index < -0.39 is 0 Å². The number of carbonyl (C=O) groups is 2. The van der Waals surface area contributed by atoms with Gasteiger partial charge in [-0.3, -0.25) is 9.69 Å². The van der Waals surface area contributed by atoms with E-state index in [4.69, 9.17) is 4.74 Å². The van der Waals surface area contributed by atoms with Crippen molar-refractivity contribution in [3.63, 3.8) is 0 Å². The Labute approximate surface area is 142 Å². The summed E-state index contributed by atoms with van der Waals surface area (Å²) in [7, 11) is 0. The van der Waals surface area contributed by atoms with Crippen molar-refractivity contribution in [2.24, 2.45) is 0 Å². The van der Waals surface area contributed by atoms with Crippen molar-refractivity contribution in [2.45, 2.75) is 45.2 Å². The zero-order valence-electron chi connectivity index (χ0n) is 14.3. The number of benzene rings is 1. The molecule has 1 aliphatic carbocycles. The summed E-state index contributed by atoms with van der Waals surface area (Å²) < 4.78 is 5.67. The minimum atomic E-state index is -0.190. The summed E-state index contributed by atoms with van der Waals surface area (Å²) in [6, 6.07) is 7.79. The van der Waals surface area contributed by atoms with Crippen LogP contribution >= 0.6 is 0 Å². The molecular weight excluding hydrogens is 306 g/mol. The number of rotatable bonds is 6. The highest BCUT2D eigenvalue weighted by atomic mass is 16.5. The number of carbonyl (C=O) groups excluding carboxylic acids is 2. The highest BCUT2D eigenvalue weighted by Gasteiger charge is 2.40. The molecule has 3 rings (SSSR count). The lowest BCUT2D eigenvalue weighted by molar-refractivity contribution is -0.127. The number of amides is 3. The van der Waals surface area contributed by atoms with Crippen molar-refractivity contribution >= 4 is 11.9 Å². The van der Waals surface area contributed by atoms with Gasteiger partial charge >= 0.3 is 6.03 Å². The molecule has 6 nitrogen and oxygen atoms in total. The highest BCUT2D eigenvalue weighted by Crippen LogP contribution is 2.30. The fraction of sp³-hybridized carbons (Fsp3) is 0.556. The molecule has 6 heteroatoms. The van der Waals surface area contributed by atoms with E-state index >= 15 is 0 Å². The number of urea groups is 1. The summed E-state index contributed by atoms with van der Waals surface area (Å²) in [5.74, 6) is 0.847. The Hall–Kier alpha value is -2.24. The van der Waals surface area contributed by atoms with Crippen LogP contribution in [0.1, 0.15) is 44.7 Å². The van der Waals surface area contributed by atoms with Gasteiger partial charge in [0.25, 0.3) is 0 Å². The maximum Gasteiger partial charge on any atom is 0.319 e. The molecule has 3 amide bonds. The van der Waals surface area contributed by atoms with Gasteiger partial charge in [0.15, 0.2) is 0 Å². The lowest BCUT2D eigenvalue weighted by atomic mass is 10.0. The van der Waals surface area contributed by atoms with Crippen LogP contribution in [0, 0.1) is 0 Å². The Morgan fingerprint density at radius 2 is 2.08 bits per heavy atom. The molecule has 2 aliphatic rings. The number of hydrogen-bond acceptors (Lipinski definition) is 3. The van der Waals surface area contributed by atoms with Gasteiger partial charge in [0.2, 0.25) is 5.91 Å². The fourth-order valence-corrected chi connectivity index (χ4v) is 3.10. The summed E-state index contributed by atoms with van der Waals surface area (Å²) in [6.07, 6.45) is 2.87. The average molecular weight is 331 g/mol. The van der Waals surface area contributed by atoms with Crippen LogP contribution in [0.2, 0.25) is 0 Å². The summed E-state index contributed by atoms with van der Waals surface area (Å²) in [5, 5.41) is 3.05. The molecule has 1 N–H and O–H groups in total. The smallest absolute Gasteiger partial charge is 0.319 e. The molecular formula is C18H25N3O3. The minimum Gasteiger partial charge on any atom is -0.494 e. The predicted octanol–water partition coefficient (Wildman–Crippen LogP) is 2.51. The Kier molecular flexibility index (Phi) is 4.92. The number of nitrogens with one attached hydrogen (secondary N) is 1. The number of ether oxygens (including phenoxy) is 1. The van der Waals surface area contributed by atoms with Gasteiger partial charge in [-0.05, 0) is 32.3 Å². The molecule has 2 fully saturated rings. The van der Waals surface area contributed by atoms with Gasteiger partial charge in [-0.25, -0.2) is 4.79 Å². The molecule has 1 heterocycles. The van der Waals surface area contributed by atoms with Crippen LogP contribution in [0.4, 0.5) is 4.79 Å². The molecule has 130 valence electrons. The first-order chi connectivity index (χ1) is 11.6. The minimum absolute atomic E-state index is 0.0513. The predicted molar refractivity (Wildman–Crippen MR) is 90.6 cm³/mol. The van der Waals surface area contributed by atoms with E-state index in [1.807, 2.05) is 43.0 Å². The van der Waals surface area contributed by atoms with Crippen molar-refractivity contribution < 1.29 is 14.3 Å². The van der Waals surface area contributed by atoms with Crippen LogP contribution in [0.15, 0.2) is 24.3 Å². The van der Waals surface area contributed by atoms with Gasteiger partial charge in [0.1, 0.15) is 12.3 Å². The largest absolute Gasteiger partial charge is 0.494 e. The van der Waals surface area contributed by atoms with Crippen molar-refractivity contribution in [2.75, 3.05) is 19.8 Å². The number of para-hydroxylation sites is 1. The van der Waals surface area contributed by atoms with Crippen molar-refractivity contribution in [3.05, 3.63) is 29.8 Å². The quantitative estimate of drug-likeness (QED) is 0.871. The first-order valence-electron chi connectivity index (χ1n) is 8.70. The molecule has 1 aromatic rings. The van der Waals surface area contributed by atoms with Crippen LogP contribution in [-0.4, -0.2) is 47.6 Å². The number of hydrogen-bond donors (Lipinski definition) is 1. The van der Waals surface area contributed by atoms with E-state index in [-0.39, 0.29) is 24.5 Å². The third-order valence-corrected chi connectivity index (χ3v) is 4.54. The second kappa shape index (κ2) is 7.11. The van der Waals surface area contributed by atoms with Gasteiger partial charge in [-0.15, -0.1) is 0 Å². The number of nitrogens with zero attached hydrogens (tertiary/aromatic N) is 2. The van der Waals surface area contributed by atoms with Gasteiger partial charge in [0.05, 0.1) is 19.3 Å². The zero-order valence-corrected chi connectivity index (χ0v) is 14.3. The summed E-state index contributed by atoms with van der Waals surface area (Å²) in [5.41, 5.74) is 0.972. The monoisotopic (exact) mass is 331 g/mol. The second-order valence-corrected chi connectivity index (χ2v) is 6.32. The molecule has 1 atom stereocenters. The molecule has 1 aromatic carbocycles. The van der Waals surface area contributed by atoms with Crippen molar-refractivity contribution in [1.29, 1.82) is 0 Å². The molecule has 0 bridgehead atoms. The second-order valence-electron chi connectivity index (χ2n) is 6.32. The van der Waals surface area contributed by atoms with E-state index in [1.165, 1.54) is 0 Å². The maximum atomic E-state index is 12.6. The third-order valence-electron chi connectivity index (χ3n) is 4.54. The van der Waals surface area contributed by atoms with Crippen LogP contribution in [0.3, 0.4) is 0 Å². The van der Waals surface area contributed by atoms with E-state index in [9.17, 15) is 9.59 Å². The van der Waals surface area contributed by atoms with Gasteiger partial charge in [-0.2, -0.15) is 0 Å². The molecule has 1 aliphatic heterocycles. The van der Waals surface area contributed by atoms with E-state index in [0.29, 0.717) is 19.3 Å². The first-order valence-corrected chi connectivity index (χ1v) is 8.70. The van der Waals surface area contributed by atoms with Crippen molar-refractivity contribution in [3.8, 4) is 5.75 Å². The molecule has 0 aromatic heterocycles. The summed E-state index contributed by atoms with van der Waals surface area (Å²) >= 11 is 0. The first kappa shape index (κ1) is 16.6. The van der Waals surface area contributed by atoms with Gasteiger partial charge in [-0.1, -0.05) is 25.1 Å². The zero-order chi connectivity index (χ0) is 17.1. The van der Waals surface area contributed by atoms with Crippen LogP contribution in [0.25, 0.3) is 0 Å². The van der Waals surface area contributed by atoms with Crippen LogP contribution in [0.5, 0.6) is 5.75 Å². The van der Waals surface area contributed by atoms with E-state index in [1.54, 1.807) is 4.90 Å². The molecule has 1 saturated heterocycles. The lowest BCUT2D eigenvalue weighted by Crippen LogP contribution is -2.41. The molecule has 1 saturated carbocycles. The average Bonchev–Trinajstić information content (AvgIpc) is 3.35. The molecule has 0 radical (unpaired) electrons. The van der Waals surface area contributed by atoms with Crippen LogP contribution < -0.4 is 10.1 Å². The van der Waals surface area contributed by atoms with E-state index in [0.717, 1.165) is 30.6 Å². The lowest BCUT2D eigenvalue weighted by Gasteiger charge is -2.24. The SMILES string of the molecule is CCOc1ccccc1[C@@H](CC)NC(=O)N1CC(=O)N(C2CC2)C1. The van der Waals surface area contributed by atoms with Gasteiger partial charge in [0, 0.05) is 11.6 Å². The standard InChI is InChI=1S/C18H25N3O3/c1-3-15(14-7-5-6-8-16(14)24-4-2)19-18(23)20-11-17(22)21(12-20)13-9-10-13/h5-8,13,15H,3-4,9-12H2,1-2H3,(H,19,23)/t15-/m1/s1. The maximum absolute atomic E-state index is 12.6. The van der Waals surface area contributed by atoms with Crippen LogP contribution in [-0.2, 0) is 4.79 Å². The Morgan fingerprint density at radius 1 is 1.33 bits per heavy atom. The molecule has 24 heavy (non-hydrogen) atoms. The topological polar surface area (TPSA) is 61.9 Å². The Balaban J connectivity index is 1.67. The summed E-state index contributed by atoms with van der Waals surface area (Å²) in [4.78, 5) is 28.0. The normalized spacial score (nSPS) is 18.7. The Bertz CT molecular complexity index is 615. The highest BCUT2D eigenvalue weighted by molar-refractivity contribution is 5.87. The molecule has 0 unspecified atom stereocenters. The van der Waals surface area contributed by atoms with E-state index in [2.05, 4.69) is 5.32 Å². The summed E-state index contributed by atoms with van der Waals surface area (Å²) in [6.45, 7) is 5.13. The Morgan fingerprint density at radius 3 is 2.75 bits per heavy atom. The van der Waals surface area contributed by atoms with Crippen molar-refractivity contribution in [1.82, 2.24) is 15.1 Å². The fourth-order valence-electron chi connectivity index (χ4n) is 3.10.